The highest BCUT2D eigenvalue weighted by molar-refractivity contribution is 7.13. The number of hydrogen-bond acceptors (Lipinski definition) is 6. The van der Waals surface area contributed by atoms with Gasteiger partial charge in [-0.2, -0.15) is 13.2 Å². The minimum absolute atomic E-state index is 0.0132. The quantitative estimate of drug-likeness (QED) is 0.643. The summed E-state index contributed by atoms with van der Waals surface area (Å²) < 4.78 is 45.2. The van der Waals surface area contributed by atoms with Crippen molar-refractivity contribution < 1.29 is 32.6 Å². The third kappa shape index (κ3) is 4.11. The molecule has 2 atom stereocenters. The van der Waals surface area contributed by atoms with E-state index in [1.807, 2.05) is 0 Å². The molecule has 3 rings (SSSR count). The Labute approximate surface area is 180 Å². The number of nitrogens with zero attached hydrogens (tertiary/aromatic N) is 2. The molecule has 168 valence electrons. The Hall–Kier alpha value is -2.66. The second-order valence-electron chi connectivity index (χ2n) is 7.29. The van der Waals surface area contributed by atoms with Gasteiger partial charge in [0.05, 0.1) is 23.6 Å². The number of hydrogen-bond donors (Lipinski definition) is 2. The number of carboxylic acid groups (broad SMARTS) is 1. The van der Waals surface area contributed by atoms with Gasteiger partial charge < -0.3 is 15.6 Å². The van der Waals surface area contributed by atoms with Gasteiger partial charge in [0.25, 0.3) is 0 Å². The molecule has 0 spiro atoms. The number of nitrogens with two attached hydrogens (primary N) is 1. The van der Waals surface area contributed by atoms with E-state index in [9.17, 15) is 27.9 Å². The number of esters is 1. The molecule has 0 bridgehead atoms. The molecule has 3 N–H and O–H groups in total. The number of aromatic nitrogens is 1. The van der Waals surface area contributed by atoms with Crippen molar-refractivity contribution in [2.75, 3.05) is 11.5 Å². The van der Waals surface area contributed by atoms with Crippen LogP contribution >= 0.6 is 11.3 Å². The van der Waals surface area contributed by atoms with E-state index in [0.717, 1.165) is 34.4 Å². The van der Waals surface area contributed by atoms with Gasteiger partial charge in [-0.05, 0) is 50.5 Å². The Bertz CT molecular complexity index is 1020. The molecule has 7 nitrogen and oxygen atoms in total. The standard InChI is InChI=1S/C20H22F3N3O4S/c1-4-19(24)9-13(16-25-10(3)15(31-16)17(27)30-5-2)12-8-11(20(21,22)23)6-7-14(12)26(19)18(28)29/h6-8,13H,4-5,9,24H2,1-3H3,(H,28,29). The zero-order valence-corrected chi connectivity index (χ0v) is 17.9. The minimum atomic E-state index is -4.61. The van der Waals surface area contributed by atoms with Crippen LogP contribution in [0, 0.1) is 6.92 Å². The number of aryl methyl sites for hydroxylation is 1. The van der Waals surface area contributed by atoms with E-state index in [1.165, 1.54) is 0 Å². The number of benzene rings is 1. The molecule has 2 aromatic rings. The van der Waals surface area contributed by atoms with Gasteiger partial charge in [0.2, 0.25) is 0 Å². The van der Waals surface area contributed by atoms with E-state index in [2.05, 4.69) is 4.98 Å². The Morgan fingerprint density at radius 1 is 1.39 bits per heavy atom. The van der Waals surface area contributed by atoms with Crippen molar-refractivity contribution in [1.82, 2.24) is 4.98 Å². The fraction of sp³-hybridized carbons (Fsp3) is 0.450. The molecule has 1 amide bonds. The summed E-state index contributed by atoms with van der Waals surface area (Å²) in [5.74, 6) is -1.28. The van der Waals surface area contributed by atoms with E-state index >= 15 is 0 Å². The van der Waals surface area contributed by atoms with Crippen LogP contribution in [0.4, 0.5) is 23.7 Å². The number of halogens is 3. The molecule has 11 heteroatoms. The highest BCUT2D eigenvalue weighted by atomic mass is 32.1. The molecule has 0 fully saturated rings. The Balaban J connectivity index is 2.21. The zero-order chi connectivity index (χ0) is 23.1. The van der Waals surface area contributed by atoms with Gasteiger partial charge in [0.1, 0.15) is 15.5 Å². The minimum Gasteiger partial charge on any atom is -0.465 e. The smallest absolute Gasteiger partial charge is 0.416 e. The van der Waals surface area contributed by atoms with Crippen LogP contribution in [0.15, 0.2) is 18.2 Å². The predicted molar refractivity (Wildman–Crippen MR) is 108 cm³/mol. The van der Waals surface area contributed by atoms with E-state index < -0.39 is 35.4 Å². The van der Waals surface area contributed by atoms with E-state index in [0.29, 0.717) is 10.7 Å². The first kappa shape index (κ1) is 23.0. The Morgan fingerprint density at radius 2 is 2.06 bits per heavy atom. The molecule has 1 aromatic heterocycles. The number of carbonyl (C=O) groups is 2. The highest BCUT2D eigenvalue weighted by Gasteiger charge is 2.46. The molecule has 0 saturated carbocycles. The Morgan fingerprint density at radius 3 is 2.61 bits per heavy atom. The van der Waals surface area contributed by atoms with Gasteiger partial charge in [-0.15, -0.1) is 11.3 Å². The van der Waals surface area contributed by atoms with Gasteiger partial charge in [-0.3, -0.25) is 4.90 Å². The lowest BCUT2D eigenvalue weighted by molar-refractivity contribution is -0.137. The fourth-order valence-electron chi connectivity index (χ4n) is 3.78. The maximum Gasteiger partial charge on any atom is 0.416 e. The van der Waals surface area contributed by atoms with Crippen LogP contribution in [0.5, 0.6) is 0 Å². The van der Waals surface area contributed by atoms with Crippen molar-refractivity contribution in [3.05, 3.63) is 44.9 Å². The number of amides is 1. The molecular weight excluding hydrogens is 435 g/mol. The molecule has 1 aromatic carbocycles. The number of thiazole rings is 1. The normalized spacial score (nSPS) is 21.0. The SMILES string of the molecule is CCOC(=O)c1sc(C2CC(N)(CC)N(C(=O)O)c3ccc(C(F)(F)F)cc32)nc1C. The lowest BCUT2D eigenvalue weighted by atomic mass is 9.80. The summed E-state index contributed by atoms with van der Waals surface area (Å²) in [4.78, 5) is 29.8. The number of carbonyl (C=O) groups excluding carboxylic acids is 1. The van der Waals surface area contributed by atoms with Gasteiger partial charge in [0, 0.05) is 5.92 Å². The summed E-state index contributed by atoms with van der Waals surface area (Å²) >= 11 is 1.02. The van der Waals surface area contributed by atoms with Crippen molar-refractivity contribution in [1.29, 1.82) is 0 Å². The van der Waals surface area contributed by atoms with E-state index in [4.69, 9.17) is 10.5 Å². The summed E-state index contributed by atoms with van der Waals surface area (Å²) in [5, 5.41) is 10.2. The molecule has 1 aliphatic heterocycles. The molecule has 0 radical (unpaired) electrons. The van der Waals surface area contributed by atoms with Crippen molar-refractivity contribution in [3.63, 3.8) is 0 Å². The maximum absolute atomic E-state index is 13.4. The van der Waals surface area contributed by atoms with Crippen LogP contribution in [-0.2, 0) is 10.9 Å². The van der Waals surface area contributed by atoms with Crippen LogP contribution in [0.25, 0.3) is 0 Å². The number of anilines is 1. The van der Waals surface area contributed by atoms with Crippen LogP contribution in [-0.4, -0.2) is 34.4 Å². The summed E-state index contributed by atoms with van der Waals surface area (Å²) in [6, 6.07) is 2.90. The zero-order valence-electron chi connectivity index (χ0n) is 17.1. The largest absolute Gasteiger partial charge is 0.465 e. The van der Waals surface area contributed by atoms with Gasteiger partial charge in [0.15, 0.2) is 0 Å². The molecule has 1 aliphatic rings. The summed E-state index contributed by atoms with van der Waals surface area (Å²) in [6.45, 7) is 5.15. The lowest BCUT2D eigenvalue weighted by Crippen LogP contribution is -2.61. The molecule has 0 aliphatic carbocycles. The maximum atomic E-state index is 13.4. The van der Waals surface area contributed by atoms with Crippen molar-refractivity contribution in [2.24, 2.45) is 5.73 Å². The van der Waals surface area contributed by atoms with Gasteiger partial charge >= 0.3 is 18.2 Å². The second-order valence-corrected chi connectivity index (χ2v) is 8.32. The number of alkyl halides is 3. The predicted octanol–water partition coefficient (Wildman–Crippen LogP) is 4.73. The van der Waals surface area contributed by atoms with E-state index in [-0.39, 0.29) is 35.6 Å². The third-order valence-electron chi connectivity index (χ3n) is 5.35. The first-order valence-electron chi connectivity index (χ1n) is 9.60. The van der Waals surface area contributed by atoms with Gasteiger partial charge in [-0.1, -0.05) is 6.92 Å². The Kier molecular flexibility index (Phi) is 6.03. The van der Waals surface area contributed by atoms with Crippen molar-refractivity contribution in [3.8, 4) is 0 Å². The molecule has 2 heterocycles. The molecule has 0 saturated heterocycles. The fourth-order valence-corrected chi connectivity index (χ4v) is 4.86. The van der Waals surface area contributed by atoms with E-state index in [1.54, 1.807) is 20.8 Å². The average molecular weight is 457 g/mol. The topological polar surface area (TPSA) is 106 Å². The summed E-state index contributed by atoms with van der Waals surface area (Å²) in [5.41, 5.74) is 4.79. The second kappa shape index (κ2) is 8.12. The summed E-state index contributed by atoms with van der Waals surface area (Å²) in [6.07, 6.45) is -5.72. The number of ether oxygens (including phenoxy) is 1. The average Bonchev–Trinajstić information content (AvgIpc) is 3.07. The molecule has 31 heavy (non-hydrogen) atoms. The lowest BCUT2D eigenvalue weighted by Gasteiger charge is -2.46. The number of rotatable bonds is 4. The number of fused-ring (bicyclic) bond motifs is 1. The molecular formula is C20H22F3N3O4S. The first-order chi connectivity index (χ1) is 14.4. The first-order valence-corrected chi connectivity index (χ1v) is 10.4. The van der Waals surface area contributed by atoms with Crippen LogP contribution in [0.2, 0.25) is 0 Å². The summed E-state index contributed by atoms with van der Waals surface area (Å²) in [7, 11) is 0. The molecule has 2 unspecified atom stereocenters. The highest BCUT2D eigenvalue weighted by Crippen LogP contribution is 2.48. The van der Waals surface area contributed by atoms with Crippen LogP contribution in [0.1, 0.15) is 64.1 Å². The third-order valence-corrected chi connectivity index (χ3v) is 6.60. The van der Waals surface area contributed by atoms with Crippen LogP contribution < -0.4 is 10.6 Å². The van der Waals surface area contributed by atoms with Gasteiger partial charge in [-0.25, -0.2) is 14.6 Å². The van der Waals surface area contributed by atoms with Crippen LogP contribution in [0.3, 0.4) is 0 Å². The van der Waals surface area contributed by atoms with Crippen molar-refractivity contribution in [2.45, 2.75) is 51.4 Å². The van der Waals surface area contributed by atoms with Crippen molar-refractivity contribution >= 4 is 29.1 Å². The monoisotopic (exact) mass is 457 g/mol.